The van der Waals surface area contributed by atoms with Crippen LogP contribution in [0.3, 0.4) is 0 Å². The van der Waals surface area contributed by atoms with E-state index in [1.54, 1.807) is 6.08 Å². The Morgan fingerprint density at radius 3 is 1.54 bits per heavy atom. The normalized spacial score (nSPS) is 34.3. The van der Waals surface area contributed by atoms with Gasteiger partial charge >= 0.3 is 0 Å². The van der Waals surface area contributed by atoms with E-state index in [4.69, 9.17) is 28.4 Å². The molecule has 19 nitrogen and oxygen atoms in total. The molecule has 0 aromatic carbocycles. The quantitative estimate of drug-likeness (QED) is 0.0322. The number of unbranched alkanes of at least 4 members (excludes halogenated alkanes) is 14. The maximum Gasteiger partial charge on any atom is 0.220 e. The van der Waals surface area contributed by atoms with Gasteiger partial charge in [-0.05, 0) is 32.1 Å². The Hall–Kier alpha value is -1.73. The molecular formula is C46H83NO18. The van der Waals surface area contributed by atoms with E-state index in [1.165, 1.54) is 51.4 Å². The maximum absolute atomic E-state index is 13.0. The highest BCUT2D eigenvalue weighted by Gasteiger charge is 2.53. The van der Waals surface area contributed by atoms with Crippen molar-refractivity contribution in [3.8, 4) is 0 Å². The fourth-order valence-electron chi connectivity index (χ4n) is 8.14. The van der Waals surface area contributed by atoms with Gasteiger partial charge in [-0.1, -0.05) is 115 Å². The summed E-state index contributed by atoms with van der Waals surface area (Å²) in [4.78, 5) is 13.0. The zero-order valence-corrected chi connectivity index (χ0v) is 38.5. The van der Waals surface area contributed by atoms with Crippen LogP contribution in [0.1, 0.15) is 129 Å². The number of nitrogens with one attached hydrogen (secondary N) is 1. The molecule has 3 saturated heterocycles. The second-order valence-corrected chi connectivity index (χ2v) is 17.6. The van der Waals surface area contributed by atoms with Gasteiger partial charge in [-0.15, -0.1) is 0 Å². The third-order valence-electron chi connectivity index (χ3n) is 12.3. The molecule has 3 fully saturated rings. The molecule has 1 amide bonds. The second kappa shape index (κ2) is 32.2. The third-order valence-corrected chi connectivity index (χ3v) is 12.3. The highest BCUT2D eigenvalue weighted by molar-refractivity contribution is 5.76. The first-order chi connectivity index (χ1) is 31.3. The summed E-state index contributed by atoms with van der Waals surface area (Å²) in [5.41, 5.74) is 0. The van der Waals surface area contributed by atoms with Crippen molar-refractivity contribution in [3.05, 3.63) is 24.3 Å². The smallest absolute Gasteiger partial charge is 0.220 e. The molecule has 380 valence electrons. The van der Waals surface area contributed by atoms with E-state index in [0.29, 0.717) is 12.8 Å². The summed E-state index contributed by atoms with van der Waals surface area (Å²) in [6.45, 7) is 1.54. The van der Waals surface area contributed by atoms with Crippen LogP contribution in [0.15, 0.2) is 24.3 Å². The summed E-state index contributed by atoms with van der Waals surface area (Å²) in [7, 11) is 0. The molecule has 17 unspecified atom stereocenters. The summed E-state index contributed by atoms with van der Waals surface area (Å²) in [6.07, 6.45) is -0.287. The van der Waals surface area contributed by atoms with Gasteiger partial charge in [0.2, 0.25) is 5.91 Å². The monoisotopic (exact) mass is 938 g/mol. The number of carbonyl (C=O) groups is 1. The van der Waals surface area contributed by atoms with E-state index in [1.807, 2.05) is 6.08 Å². The summed E-state index contributed by atoms with van der Waals surface area (Å²) in [5, 5.41) is 119. The van der Waals surface area contributed by atoms with Gasteiger partial charge in [0.05, 0.1) is 38.6 Å². The minimum Gasteiger partial charge on any atom is -0.394 e. The molecule has 65 heavy (non-hydrogen) atoms. The summed E-state index contributed by atoms with van der Waals surface area (Å²) >= 11 is 0. The molecule has 0 saturated carbocycles. The minimum atomic E-state index is -1.98. The van der Waals surface area contributed by atoms with Gasteiger partial charge in [-0.25, -0.2) is 0 Å². The number of ether oxygens (including phenoxy) is 6. The molecule has 0 spiro atoms. The van der Waals surface area contributed by atoms with Gasteiger partial charge in [0.1, 0.15) is 73.2 Å². The molecule has 12 N–H and O–H groups in total. The van der Waals surface area contributed by atoms with E-state index < -0.39 is 124 Å². The van der Waals surface area contributed by atoms with Crippen LogP contribution < -0.4 is 5.32 Å². The molecule has 17 atom stereocenters. The van der Waals surface area contributed by atoms with E-state index in [9.17, 15) is 61.0 Å². The number of aliphatic hydroxyl groups is 11. The van der Waals surface area contributed by atoms with E-state index in [-0.39, 0.29) is 18.9 Å². The lowest BCUT2D eigenvalue weighted by atomic mass is 9.96. The summed E-state index contributed by atoms with van der Waals surface area (Å²) in [5.74, 6) is -0.302. The Balaban J connectivity index is 1.57. The highest BCUT2D eigenvalue weighted by atomic mass is 16.8. The Morgan fingerprint density at radius 1 is 0.538 bits per heavy atom. The van der Waals surface area contributed by atoms with E-state index in [0.717, 1.165) is 44.9 Å². The lowest BCUT2D eigenvalue weighted by molar-refractivity contribution is -0.379. The fraction of sp³-hybridized carbons (Fsp3) is 0.891. The standard InChI is InChI=1S/C46H83NO18/c1-3-5-7-9-10-11-12-13-14-15-16-17-18-20-21-23-30(51)29(47-34(52)24-22-19-8-6-4-2)28-60-44-40(58)37(55)42(32(26-49)62-44)65-46-41(59)38(56)43(33(27-50)63-46)64-45-39(57)36(54)35(53)31(25-48)61-45/h16-17,21,23,29-33,35-46,48-51,53-59H,3-15,18-20,22,24-28H2,1-2H3,(H,47,52)/b17-16+,23-21+. The molecule has 0 aromatic heterocycles. The van der Waals surface area contributed by atoms with Gasteiger partial charge in [0.25, 0.3) is 0 Å². The Labute approximate surface area is 384 Å². The lowest BCUT2D eigenvalue weighted by Crippen LogP contribution is -2.66. The zero-order chi connectivity index (χ0) is 47.7. The topological polar surface area (TPSA) is 307 Å². The molecule has 3 aliphatic heterocycles. The number of hydrogen-bond donors (Lipinski definition) is 12. The molecule has 0 aliphatic carbocycles. The summed E-state index contributed by atoms with van der Waals surface area (Å²) in [6, 6.07) is -0.980. The Kier molecular flexibility index (Phi) is 28.5. The fourth-order valence-corrected chi connectivity index (χ4v) is 8.14. The van der Waals surface area contributed by atoms with Crippen LogP contribution in [0.25, 0.3) is 0 Å². The maximum atomic E-state index is 13.0. The molecule has 0 radical (unpaired) electrons. The van der Waals surface area contributed by atoms with Crippen LogP contribution in [0.4, 0.5) is 0 Å². The first-order valence-corrected chi connectivity index (χ1v) is 24.1. The van der Waals surface area contributed by atoms with Gasteiger partial charge in [-0.3, -0.25) is 4.79 Å². The average molecular weight is 938 g/mol. The number of carbonyl (C=O) groups excluding carboxylic acids is 1. The van der Waals surface area contributed by atoms with Crippen LogP contribution in [-0.4, -0.2) is 193 Å². The van der Waals surface area contributed by atoms with Gasteiger partial charge in [-0.2, -0.15) is 0 Å². The van der Waals surface area contributed by atoms with Crippen molar-refractivity contribution in [2.75, 3.05) is 26.4 Å². The molecule has 0 aromatic rings. The highest BCUT2D eigenvalue weighted by Crippen LogP contribution is 2.33. The number of aliphatic hydroxyl groups excluding tert-OH is 11. The van der Waals surface area contributed by atoms with Crippen molar-refractivity contribution in [2.24, 2.45) is 0 Å². The third kappa shape index (κ3) is 18.9. The summed E-state index contributed by atoms with van der Waals surface area (Å²) < 4.78 is 33.9. The van der Waals surface area contributed by atoms with Gasteiger partial charge in [0, 0.05) is 6.42 Å². The van der Waals surface area contributed by atoms with Crippen LogP contribution in [0.5, 0.6) is 0 Å². The molecule has 19 heteroatoms. The average Bonchev–Trinajstić information content (AvgIpc) is 3.30. The number of allylic oxidation sites excluding steroid dienone is 3. The Bertz CT molecular complexity index is 1310. The van der Waals surface area contributed by atoms with E-state index in [2.05, 4.69) is 31.3 Å². The second-order valence-electron chi connectivity index (χ2n) is 17.6. The predicted octanol–water partition coefficient (Wildman–Crippen LogP) is 0.471. The molecule has 3 aliphatic rings. The van der Waals surface area contributed by atoms with Gasteiger partial charge < -0.3 is 89.9 Å². The van der Waals surface area contributed by atoms with Crippen molar-refractivity contribution in [3.63, 3.8) is 0 Å². The van der Waals surface area contributed by atoms with Crippen LogP contribution >= 0.6 is 0 Å². The first kappa shape index (κ1) is 57.6. The van der Waals surface area contributed by atoms with Gasteiger partial charge in [0.15, 0.2) is 18.9 Å². The first-order valence-electron chi connectivity index (χ1n) is 24.1. The number of rotatable bonds is 32. The molecule has 0 bridgehead atoms. The van der Waals surface area contributed by atoms with Crippen molar-refractivity contribution >= 4 is 5.91 Å². The Morgan fingerprint density at radius 2 is 0.985 bits per heavy atom. The largest absolute Gasteiger partial charge is 0.394 e. The van der Waals surface area contributed by atoms with Crippen molar-refractivity contribution in [1.29, 1.82) is 0 Å². The van der Waals surface area contributed by atoms with Crippen molar-refractivity contribution in [2.45, 2.75) is 234 Å². The van der Waals surface area contributed by atoms with Crippen molar-refractivity contribution in [1.82, 2.24) is 5.32 Å². The van der Waals surface area contributed by atoms with Crippen molar-refractivity contribution < 1.29 is 89.4 Å². The lowest BCUT2D eigenvalue weighted by Gasteiger charge is -2.48. The predicted molar refractivity (Wildman–Crippen MR) is 236 cm³/mol. The molecular weight excluding hydrogens is 854 g/mol. The molecule has 3 rings (SSSR count). The zero-order valence-electron chi connectivity index (χ0n) is 38.5. The number of hydrogen-bond acceptors (Lipinski definition) is 18. The van der Waals surface area contributed by atoms with Crippen LogP contribution in [0, 0.1) is 0 Å². The van der Waals surface area contributed by atoms with E-state index >= 15 is 0 Å². The van der Waals surface area contributed by atoms with Crippen LogP contribution in [0.2, 0.25) is 0 Å². The minimum absolute atomic E-state index is 0.231. The molecule has 3 heterocycles. The number of amides is 1. The SMILES string of the molecule is CCCCCCCCCCC/C=C/CC/C=C/C(O)C(COC1OC(CO)C(OC2OC(CO)C(OC3OC(CO)C(O)C(O)C3O)C(O)C2O)C(O)C1O)NC(=O)CCCCCCC. The van der Waals surface area contributed by atoms with Crippen LogP contribution in [-0.2, 0) is 33.2 Å².